The summed E-state index contributed by atoms with van der Waals surface area (Å²) in [5.74, 6) is -1.84. The second kappa shape index (κ2) is 5.76. The normalized spacial score (nSPS) is 21.9. The van der Waals surface area contributed by atoms with Crippen molar-refractivity contribution in [1.29, 1.82) is 0 Å². The third-order valence-corrected chi connectivity index (χ3v) is 3.68. The van der Waals surface area contributed by atoms with Crippen molar-refractivity contribution in [2.75, 3.05) is 11.9 Å². The SMILES string of the molecule is O=C(O)[C@@H]1CC(O)CN1C(=O)Nc1c(F)cccc1Br. The van der Waals surface area contributed by atoms with Crippen LogP contribution in [0.1, 0.15) is 6.42 Å². The second-order valence-corrected chi connectivity index (χ2v) is 5.28. The molecule has 0 aromatic heterocycles. The standard InChI is InChI=1S/C12H12BrFN2O4/c13-7-2-1-3-8(14)10(7)15-12(20)16-5-6(17)4-9(16)11(18)19/h1-3,6,9,17H,4-5H2,(H,15,20)(H,18,19)/t6?,9-/m0/s1. The van der Waals surface area contributed by atoms with Crippen LogP contribution in [0.5, 0.6) is 0 Å². The van der Waals surface area contributed by atoms with Gasteiger partial charge in [0, 0.05) is 17.4 Å². The van der Waals surface area contributed by atoms with Gasteiger partial charge in [0.2, 0.25) is 0 Å². The lowest BCUT2D eigenvalue weighted by molar-refractivity contribution is -0.141. The number of likely N-dealkylation sites (tertiary alicyclic amines) is 1. The van der Waals surface area contributed by atoms with Gasteiger partial charge in [0.1, 0.15) is 11.9 Å². The van der Waals surface area contributed by atoms with Crippen LogP contribution in [-0.4, -0.2) is 45.8 Å². The fraction of sp³-hybridized carbons (Fsp3) is 0.333. The van der Waals surface area contributed by atoms with Crippen molar-refractivity contribution in [2.45, 2.75) is 18.6 Å². The van der Waals surface area contributed by atoms with Gasteiger partial charge >= 0.3 is 12.0 Å². The van der Waals surface area contributed by atoms with Crippen LogP contribution in [0.4, 0.5) is 14.9 Å². The average Bonchev–Trinajstić information content (AvgIpc) is 2.76. The number of amides is 2. The third-order valence-electron chi connectivity index (χ3n) is 3.02. The van der Waals surface area contributed by atoms with Gasteiger partial charge in [0.15, 0.2) is 0 Å². The van der Waals surface area contributed by atoms with Gasteiger partial charge in [-0.2, -0.15) is 0 Å². The highest BCUT2D eigenvalue weighted by Gasteiger charge is 2.39. The van der Waals surface area contributed by atoms with E-state index in [1.165, 1.54) is 12.1 Å². The maximum Gasteiger partial charge on any atom is 0.326 e. The number of β-amino-alcohol motifs (C(OH)–C–C–N with tert-alkyl or cyclic N) is 1. The topological polar surface area (TPSA) is 89.9 Å². The maximum absolute atomic E-state index is 13.6. The zero-order chi connectivity index (χ0) is 14.9. The predicted octanol–water partition coefficient (Wildman–Crippen LogP) is 1.64. The number of anilines is 1. The van der Waals surface area contributed by atoms with Gasteiger partial charge in [-0.25, -0.2) is 14.0 Å². The van der Waals surface area contributed by atoms with E-state index in [1.54, 1.807) is 6.07 Å². The smallest absolute Gasteiger partial charge is 0.326 e. The number of carbonyl (C=O) groups is 2. The summed E-state index contributed by atoms with van der Waals surface area (Å²) in [6, 6.07) is 2.31. The van der Waals surface area contributed by atoms with Crippen LogP contribution in [0.15, 0.2) is 22.7 Å². The summed E-state index contributed by atoms with van der Waals surface area (Å²) in [6.07, 6.45) is -0.938. The fourth-order valence-electron chi connectivity index (χ4n) is 2.07. The van der Waals surface area contributed by atoms with Crippen molar-refractivity contribution in [2.24, 2.45) is 0 Å². The lowest BCUT2D eigenvalue weighted by Crippen LogP contribution is -2.43. The number of aliphatic hydroxyl groups excluding tert-OH is 1. The number of carbonyl (C=O) groups excluding carboxylic acids is 1. The molecule has 0 saturated carbocycles. The molecule has 0 radical (unpaired) electrons. The second-order valence-electron chi connectivity index (χ2n) is 4.42. The molecule has 1 fully saturated rings. The van der Waals surface area contributed by atoms with E-state index in [-0.39, 0.29) is 18.7 Å². The molecule has 20 heavy (non-hydrogen) atoms. The van der Waals surface area contributed by atoms with Crippen LogP contribution in [-0.2, 0) is 4.79 Å². The molecule has 8 heteroatoms. The number of nitrogens with zero attached hydrogens (tertiary/aromatic N) is 1. The molecule has 0 bridgehead atoms. The van der Waals surface area contributed by atoms with Gasteiger partial charge in [-0.15, -0.1) is 0 Å². The number of halogens is 2. The summed E-state index contributed by atoms with van der Waals surface area (Å²) in [5, 5.41) is 20.8. The minimum Gasteiger partial charge on any atom is -0.480 e. The van der Waals surface area contributed by atoms with Gasteiger partial charge in [-0.05, 0) is 28.1 Å². The van der Waals surface area contributed by atoms with E-state index < -0.39 is 30.0 Å². The molecule has 1 aliphatic heterocycles. The zero-order valence-electron chi connectivity index (χ0n) is 10.2. The van der Waals surface area contributed by atoms with Gasteiger partial charge in [-0.1, -0.05) is 6.07 Å². The number of urea groups is 1. The van der Waals surface area contributed by atoms with Crippen LogP contribution in [0.25, 0.3) is 0 Å². The average molecular weight is 347 g/mol. The molecule has 2 rings (SSSR count). The molecule has 1 heterocycles. The molecule has 1 aliphatic rings. The molecule has 108 valence electrons. The molecule has 6 nitrogen and oxygen atoms in total. The van der Waals surface area contributed by atoms with Crippen molar-refractivity contribution in [3.8, 4) is 0 Å². The van der Waals surface area contributed by atoms with Crippen LogP contribution in [0.2, 0.25) is 0 Å². The van der Waals surface area contributed by atoms with Crippen LogP contribution < -0.4 is 5.32 Å². The Bertz CT molecular complexity index is 534. The summed E-state index contributed by atoms with van der Waals surface area (Å²) in [4.78, 5) is 24.0. The zero-order valence-corrected chi connectivity index (χ0v) is 11.8. The summed E-state index contributed by atoms with van der Waals surface area (Å²) < 4.78 is 13.9. The molecule has 1 unspecified atom stereocenters. The molecule has 2 atom stereocenters. The Kier molecular flexibility index (Phi) is 4.24. The molecule has 3 N–H and O–H groups in total. The lowest BCUT2D eigenvalue weighted by atomic mass is 10.2. The Hall–Kier alpha value is -1.67. The summed E-state index contributed by atoms with van der Waals surface area (Å²) in [6.45, 7) is -0.102. The first-order chi connectivity index (χ1) is 9.40. The Morgan fingerprint density at radius 3 is 2.75 bits per heavy atom. The van der Waals surface area contributed by atoms with Gasteiger partial charge in [0.05, 0.1) is 11.8 Å². The lowest BCUT2D eigenvalue weighted by Gasteiger charge is -2.22. The van der Waals surface area contributed by atoms with E-state index in [0.717, 1.165) is 4.90 Å². The molecule has 2 amide bonds. The summed E-state index contributed by atoms with van der Waals surface area (Å²) in [7, 11) is 0. The first-order valence-corrected chi connectivity index (χ1v) is 6.62. The molecular weight excluding hydrogens is 335 g/mol. The maximum atomic E-state index is 13.6. The number of nitrogens with one attached hydrogen (secondary N) is 1. The number of para-hydroxylation sites is 1. The predicted molar refractivity (Wildman–Crippen MR) is 71.9 cm³/mol. The van der Waals surface area contributed by atoms with Gasteiger partial charge < -0.3 is 20.4 Å². The van der Waals surface area contributed by atoms with E-state index in [1.807, 2.05) is 0 Å². The highest BCUT2D eigenvalue weighted by atomic mass is 79.9. The summed E-state index contributed by atoms with van der Waals surface area (Å²) in [5.41, 5.74) is -0.0666. The third kappa shape index (κ3) is 2.91. The first-order valence-electron chi connectivity index (χ1n) is 5.82. The van der Waals surface area contributed by atoms with Crippen LogP contribution in [0, 0.1) is 5.82 Å². The van der Waals surface area contributed by atoms with Crippen LogP contribution >= 0.6 is 15.9 Å². The van der Waals surface area contributed by atoms with Crippen molar-refractivity contribution < 1.29 is 24.2 Å². The number of carboxylic acids is 1. The highest BCUT2D eigenvalue weighted by Crippen LogP contribution is 2.27. The number of aliphatic carboxylic acids is 1. The Morgan fingerprint density at radius 2 is 2.15 bits per heavy atom. The largest absolute Gasteiger partial charge is 0.480 e. The monoisotopic (exact) mass is 346 g/mol. The number of aliphatic hydroxyl groups is 1. The number of hydrogen-bond acceptors (Lipinski definition) is 3. The molecule has 1 aromatic rings. The number of hydrogen-bond donors (Lipinski definition) is 3. The van der Waals surface area contributed by atoms with E-state index >= 15 is 0 Å². The van der Waals surface area contributed by atoms with E-state index in [0.29, 0.717) is 4.47 Å². The van der Waals surface area contributed by atoms with Gasteiger partial charge in [-0.3, -0.25) is 0 Å². The van der Waals surface area contributed by atoms with Gasteiger partial charge in [0.25, 0.3) is 0 Å². The van der Waals surface area contributed by atoms with E-state index in [4.69, 9.17) is 5.11 Å². The quantitative estimate of drug-likeness (QED) is 0.759. The molecule has 0 aliphatic carbocycles. The Morgan fingerprint density at radius 1 is 1.45 bits per heavy atom. The van der Waals surface area contributed by atoms with Crippen molar-refractivity contribution >= 4 is 33.6 Å². The minimum atomic E-state index is -1.20. The number of carboxylic acid groups (broad SMARTS) is 1. The molecule has 1 aromatic carbocycles. The number of benzene rings is 1. The highest BCUT2D eigenvalue weighted by molar-refractivity contribution is 9.10. The first kappa shape index (κ1) is 14.7. The number of rotatable bonds is 2. The Labute approximate surface area is 122 Å². The van der Waals surface area contributed by atoms with E-state index in [9.17, 15) is 19.1 Å². The summed E-state index contributed by atoms with van der Waals surface area (Å²) >= 11 is 3.10. The van der Waals surface area contributed by atoms with E-state index in [2.05, 4.69) is 21.2 Å². The van der Waals surface area contributed by atoms with Crippen molar-refractivity contribution in [3.05, 3.63) is 28.5 Å². The van der Waals surface area contributed by atoms with Crippen molar-refractivity contribution in [1.82, 2.24) is 4.90 Å². The molecule has 1 saturated heterocycles. The molecule has 0 spiro atoms. The fourth-order valence-corrected chi connectivity index (χ4v) is 2.51. The minimum absolute atomic E-state index is 0.0405. The molecular formula is C12H12BrFN2O4. The Balaban J connectivity index is 2.18. The van der Waals surface area contributed by atoms with Crippen molar-refractivity contribution in [3.63, 3.8) is 0 Å². The van der Waals surface area contributed by atoms with Crippen LogP contribution in [0.3, 0.4) is 0 Å².